The van der Waals surface area contributed by atoms with Gasteiger partial charge in [-0.1, -0.05) is 42.5 Å². The molecule has 120 valence electrons. The third-order valence-electron chi connectivity index (χ3n) is 5.45. The Labute approximate surface area is 137 Å². The maximum atomic E-state index is 12.8. The molecule has 0 spiro atoms. The molecule has 1 saturated heterocycles. The Morgan fingerprint density at radius 3 is 2.83 bits per heavy atom. The highest BCUT2D eigenvalue weighted by atomic mass is 16.2. The number of hydrogen-bond donors (Lipinski definition) is 1. The van der Waals surface area contributed by atoms with Gasteiger partial charge in [-0.05, 0) is 48.6 Å². The van der Waals surface area contributed by atoms with Crippen LogP contribution in [-0.4, -0.2) is 37.0 Å². The zero-order chi connectivity index (χ0) is 15.8. The van der Waals surface area contributed by atoms with Crippen LogP contribution in [0.5, 0.6) is 0 Å². The number of rotatable bonds is 3. The zero-order valence-corrected chi connectivity index (χ0v) is 13.7. The molecule has 2 fully saturated rings. The maximum absolute atomic E-state index is 12.8. The second kappa shape index (κ2) is 5.97. The van der Waals surface area contributed by atoms with Crippen LogP contribution < -0.4 is 5.32 Å². The molecular weight excluding hydrogens is 284 g/mol. The van der Waals surface area contributed by atoms with Gasteiger partial charge in [-0.2, -0.15) is 0 Å². The quantitative estimate of drug-likeness (QED) is 0.944. The minimum absolute atomic E-state index is 0.201. The average molecular weight is 308 g/mol. The van der Waals surface area contributed by atoms with E-state index in [0.29, 0.717) is 17.9 Å². The summed E-state index contributed by atoms with van der Waals surface area (Å²) in [5.74, 6) is 0.983. The van der Waals surface area contributed by atoms with E-state index in [1.165, 1.54) is 22.8 Å². The topological polar surface area (TPSA) is 32.3 Å². The summed E-state index contributed by atoms with van der Waals surface area (Å²) >= 11 is 0. The molecule has 1 N–H and O–H groups in total. The van der Waals surface area contributed by atoms with Crippen LogP contribution in [0.2, 0.25) is 0 Å². The lowest BCUT2D eigenvalue weighted by molar-refractivity contribution is -0.134. The standard InChI is InChI=1S/C20H24N2O/c1-21-17-7-4-10-22(13-17)20(23)19-12-18(19)16-9-8-14-5-2-3-6-15(14)11-16/h2-3,5-6,8-9,11,17-19,21H,4,7,10,12-13H2,1H3. The number of hydrogen-bond acceptors (Lipinski definition) is 2. The van der Waals surface area contributed by atoms with E-state index in [2.05, 4.69) is 52.7 Å². The van der Waals surface area contributed by atoms with Crippen LogP contribution in [0.1, 0.15) is 30.7 Å². The van der Waals surface area contributed by atoms with Gasteiger partial charge in [0.25, 0.3) is 0 Å². The second-order valence-electron chi connectivity index (χ2n) is 6.97. The fourth-order valence-corrected chi connectivity index (χ4v) is 3.92. The molecule has 4 rings (SSSR count). The lowest BCUT2D eigenvalue weighted by Gasteiger charge is -2.32. The number of likely N-dealkylation sites (N-methyl/N-ethyl adjacent to an activating group) is 1. The number of likely N-dealkylation sites (tertiary alicyclic amines) is 1. The molecule has 2 aliphatic rings. The van der Waals surface area contributed by atoms with Crippen LogP contribution in [0.4, 0.5) is 0 Å². The van der Waals surface area contributed by atoms with E-state index >= 15 is 0 Å². The fourth-order valence-electron chi connectivity index (χ4n) is 3.92. The van der Waals surface area contributed by atoms with Crippen molar-refractivity contribution in [3.8, 4) is 0 Å². The molecule has 2 aromatic rings. The van der Waals surface area contributed by atoms with Crippen LogP contribution in [0.15, 0.2) is 42.5 Å². The van der Waals surface area contributed by atoms with Gasteiger partial charge in [0.05, 0.1) is 0 Å². The molecule has 0 aromatic heterocycles. The SMILES string of the molecule is CNC1CCCN(C(=O)C2CC2c2ccc3ccccc3c2)C1. The van der Waals surface area contributed by atoms with E-state index in [1.54, 1.807) is 0 Å². The number of benzene rings is 2. The van der Waals surface area contributed by atoms with E-state index in [9.17, 15) is 4.79 Å². The molecule has 1 aliphatic carbocycles. The van der Waals surface area contributed by atoms with Crippen LogP contribution in [0.3, 0.4) is 0 Å². The van der Waals surface area contributed by atoms with Crippen molar-refractivity contribution in [3.05, 3.63) is 48.0 Å². The van der Waals surface area contributed by atoms with Gasteiger partial charge >= 0.3 is 0 Å². The molecule has 3 atom stereocenters. The minimum Gasteiger partial charge on any atom is -0.341 e. The summed E-state index contributed by atoms with van der Waals surface area (Å²) in [6.07, 6.45) is 3.31. The first-order valence-corrected chi connectivity index (χ1v) is 8.71. The number of fused-ring (bicyclic) bond motifs is 1. The largest absolute Gasteiger partial charge is 0.341 e. The highest BCUT2D eigenvalue weighted by Gasteiger charge is 2.46. The minimum atomic E-state index is 0.201. The van der Waals surface area contributed by atoms with E-state index in [-0.39, 0.29) is 5.92 Å². The monoisotopic (exact) mass is 308 g/mol. The van der Waals surface area contributed by atoms with Crippen LogP contribution in [-0.2, 0) is 4.79 Å². The lowest BCUT2D eigenvalue weighted by Crippen LogP contribution is -2.47. The third kappa shape index (κ3) is 2.86. The summed E-state index contributed by atoms with van der Waals surface area (Å²) < 4.78 is 0. The molecule has 1 saturated carbocycles. The van der Waals surface area contributed by atoms with E-state index < -0.39 is 0 Å². The Balaban J connectivity index is 1.47. The van der Waals surface area contributed by atoms with Crippen LogP contribution in [0.25, 0.3) is 10.8 Å². The number of amides is 1. The first-order chi connectivity index (χ1) is 11.3. The number of piperidine rings is 1. The summed E-state index contributed by atoms with van der Waals surface area (Å²) in [5.41, 5.74) is 1.32. The van der Waals surface area contributed by atoms with Crippen molar-refractivity contribution in [3.63, 3.8) is 0 Å². The highest BCUT2D eigenvalue weighted by Crippen LogP contribution is 2.49. The van der Waals surface area contributed by atoms with Gasteiger partial charge in [-0.3, -0.25) is 4.79 Å². The van der Waals surface area contributed by atoms with Gasteiger partial charge in [-0.15, -0.1) is 0 Å². The normalized spacial score (nSPS) is 27.2. The lowest BCUT2D eigenvalue weighted by atomic mass is 10.0. The first-order valence-electron chi connectivity index (χ1n) is 8.71. The Bertz CT molecular complexity index is 726. The predicted octanol–water partition coefficient (Wildman–Crippen LogP) is 3.15. The van der Waals surface area contributed by atoms with Crippen molar-refractivity contribution >= 4 is 16.7 Å². The Morgan fingerprint density at radius 2 is 2.00 bits per heavy atom. The van der Waals surface area contributed by atoms with Gasteiger partial charge in [0.15, 0.2) is 0 Å². The van der Waals surface area contributed by atoms with Gasteiger partial charge in [-0.25, -0.2) is 0 Å². The summed E-state index contributed by atoms with van der Waals surface area (Å²) in [4.78, 5) is 14.8. The first kappa shape index (κ1) is 14.7. The number of carbonyl (C=O) groups is 1. The average Bonchev–Trinajstić information content (AvgIpc) is 3.41. The molecular formula is C20H24N2O. The summed E-state index contributed by atoms with van der Waals surface area (Å²) in [5, 5.41) is 5.86. The van der Waals surface area contributed by atoms with Crippen LogP contribution >= 0.6 is 0 Å². The summed E-state index contributed by atoms with van der Waals surface area (Å²) in [7, 11) is 1.99. The summed E-state index contributed by atoms with van der Waals surface area (Å²) in [6.45, 7) is 1.80. The Morgan fingerprint density at radius 1 is 1.17 bits per heavy atom. The second-order valence-corrected chi connectivity index (χ2v) is 6.97. The number of nitrogens with one attached hydrogen (secondary N) is 1. The Hall–Kier alpha value is -1.87. The highest BCUT2D eigenvalue weighted by molar-refractivity contribution is 5.86. The molecule has 3 nitrogen and oxygen atoms in total. The van der Waals surface area contributed by atoms with Crippen molar-refractivity contribution < 1.29 is 4.79 Å². The Kier molecular flexibility index (Phi) is 3.82. The molecule has 1 heterocycles. The smallest absolute Gasteiger partial charge is 0.226 e. The zero-order valence-electron chi connectivity index (χ0n) is 13.7. The maximum Gasteiger partial charge on any atom is 0.226 e. The molecule has 0 bridgehead atoms. The number of carbonyl (C=O) groups excluding carboxylic acids is 1. The van der Waals surface area contributed by atoms with E-state index in [1.807, 2.05) is 7.05 Å². The third-order valence-corrected chi connectivity index (χ3v) is 5.45. The van der Waals surface area contributed by atoms with Crippen molar-refractivity contribution in [1.29, 1.82) is 0 Å². The molecule has 23 heavy (non-hydrogen) atoms. The fraction of sp³-hybridized carbons (Fsp3) is 0.450. The molecule has 1 amide bonds. The van der Waals surface area contributed by atoms with Crippen molar-refractivity contribution in [2.24, 2.45) is 5.92 Å². The van der Waals surface area contributed by atoms with Crippen LogP contribution in [0, 0.1) is 5.92 Å². The van der Waals surface area contributed by atoms with Gasteiger partial charge in [0.1, 0.15) is 0 Å². The van der Waals surface area contributed by atoms with E-state index in [4.69, 9.17) is 0 Å². The van der Waals surface area contributed by atoms with Gasteiger partial charge in [0, 0.05) is 25.0 Å². The number of nitrogens with zero attached hydrogens (tertiary/aromatic N) is 1. The van der Waals surface area contributed by atoms with Crippen molar-refractivity contribution in [1.82, 2.24) is 10.2 Å². The van der Waals surface area contributed by atoms with Crippen molar-refractivity contribution in [2.45, 2.75) is 31.2 Å². The summed E-state index contributed by atoms with van der Waals surface area (Å²) in [6, 6.07) is 15.5. The molecule has 2 aromatic carbocycles. The van der Waals surface area contributed by atoms with Crippen molar-refractivity contribution in [2.75, 3.05) is 20.1 Å². The molecule has 3 heteroatoms. The van der Waals surface area contributed by atoms with Gasteiger partial charge < -0.3 is 10.2 Å². The molecule has 1 aliphatic heterocycles. The van der Waals surface area contributed by atoms with E-state index in [0.717, 1.165) is 25.9 Å². The predicted molar refractivity (Wildman–Crippen MR) is 93.5 cm³/mol. The molecule has 3 unspecified atom stereocenters. The van der Waals surface area contributed by atoms with Gasteiger partial charge in [0.2, 0.25) is 5.91 Å². The molecule has 0 radical (unpaired) electrons.